The Hall–Kier alpha value is -1.61. The first-order valence-corrected chi connectivity index (χ1v) is 10.5. The first kappa shape index (κ1) is 18.7. The molecule has 2 fully saturated rings. The summed E-state index contributed by atoms with van der Waals surface area (Å²) in [5, 5.41) is 10.8. The van der Waals surface area contributed by atoms with Crippen molar-refractivity contribution in [3.05, 3.63) is 33.1 Å². The van der Waals surface area contributed by atoms with Crippen LogP contribution in [0.4, 0.5) is 5.82 Å². The van der Waals surface area contributed by atoms with Gasteiger partial charge in [-0.15, -0.1) is 11.3 Å². The van der Waals surface area contributed by atoms with Gasteiger partial charge in [-0.05, 0) is 18.6 Å². The minimum absolute atomic E-state index is 0.215. The molecule has 146 valence electrons. The normalized spacial score (nSPS) is 20.9. The number of likely N-dealkylation sites (tertiary alicyclic amines) is 1. The maximum atomic E-state index is 12.6. The maximum absolute atomic E-state index is 12.6. The van der Waals surface area contributed by atoms with E-state index in [1.807, 2.05) is 17.0 Å². The van der Waals surface area contributed by atoms with Gasteiger partial charge in [0.2, 0.25) is 5.91 Å². The SMILES string of the molecule is O=C(CN1CCOCC1)N1CCC(c2cc(NCc3ccc(Cl)s3)n[nH]2)C1. The van der Waals surface area contributed by atoms with E-state index >= 15 is 0 Å². The van der Waals surface area contributed by atoms with Gasteiger partial charge in [0.05, 0.1) is 30.6 Å². The third kappa shape index (κ3) is 4.82. The summed E-state index contributed by atoms with van der Waals surface area (Å²) in [4.78, 5) is 17.9. The summed E-state index contributed by atoms with van der Waals surface area (Å²) < 4.78 is 6.14. The number of carbonyl (C=O) groups excluding carboxylic acids is 1. The second-order valence-electron chi connectivity index (χ2n) is 6.98. The number of aromatic nitrogens is 2. The molecule has 2 aliphatic heterocycles. The Labute approximate surface area is 167 Å². The highest BCUT2D eigenvalue weighted by molar-refractivity contribution is 7.16. The second kappa shape index (κ2) is 8.60. The average Bonchev–Trinajstić information content (AvgIpc) is 3.41. The van der Waals surface area contributed by atoms with Crippen molar-refractivity contribution >= 4 is 34.7 Å². The van der Waals surface area contributed by atoms with E-state index in [0.717, 1.165) is 61.7 Å². The number of rotatable bonds is 6. The summed E-state index contributed by atoms with van der Waals surface area (Å²) in [6, 6.07) is 5.97. The van der Waals surface area contributed by atoms with E-state index < -0.39 is 0 Å². The van der Waals surface area contributed by atoms with Gasteiger partial charge >= 0.3 is 0 Å². The molecule has 0 saturated carbocycles. The van der Waals surface area contributed by atoms with Crippen molar-refractivity contribution in [1.29, 1.82) is 0 Å². The molecule has 2 aliphatic rings. The number of nitrogens with zero attached hydrogens (tertiary/aromatic N) is 3. The standard InChI is InChI=1S/C18H24ClN5O2S/c19-16-2-1-14(27-16)10-20-17-9-15(21-22-17)13-3-4-24(11-13)18(25)12-23-5-7-26-8-6-23/h1-2,9,13H,3-8,10-12H2,(H2,20,21,22). The quantitative estimate of drug-likeness (QED) is 0.766. The fraction of sp³-hybridized carbons (Fsp3) is 0.556. The van der Waals surface area contributed by atoms with Crippen molar-refractivity contribution in [3.8, 4) is 0 Å². The van der Waals surface area contributed by atoms with Gasteiger partial charge in [-0.3, -0.25) is 14.8 Å². The number of carbonyl (C=O) groups is 1. The molecule has 4 rings (SSSR count). The molecular weight excluding hydrogens is 386 g/mol. The Bertz CT molecular complexity index is 773. The lowest BCUT2D eigenvalue weighted by Crippen LogP contribution is -2.44. The zero-order valence-corrected chi connectivity index (χ0v) is 16.7. The first-order valence-electron chi connectivity index (χ1n) is 9.28. The van der Waals surface area contributed by atoms with Crippen LogP contribution in [0, 0.1) is 0 Å². The van der Waals surface area contributed by atoms with Gasteiger partial charge in [-0.2, -0.15) is 5.10 Å². The van der Waals surface area contributed by atoms with E-state index in [1.54, 1.807) is 11.3 Å². The van der Waals surface area contributed by atoms with Gasteiger partial charge in [0, 0.05) is 48.7 Å². The van der Waals surface area contributed by atoms with E-state index in [1.165, 1.54) is 4.88 Å². The molecule has 1 amide bonds. The van der Waals surface area contributed by atoms with Crippen LogP contribution in [0.15, 0.2) is 18.2 Å². The minimum atomic E-state index is 0.215. The number of aromatic amines is 1. The monoisotopic (exact) mass is 409 g/mol. The van der Waals surface area contributed by atoms with Crippen molar-refractivity contribution < 1.29 is 9.53 Å². The van der Waals surface area contributed by atoms with Crippen molar-refractivity contribution in [1.82, 2.24) is 20.0 Å². The molecule has 1 atom stereocenters. The van der Waals surface area contributed by atoms with E-state index in [0.29, 0.717) is 19.0 Å². The number of anilines is 1. The Balaban J connectivity index is 1.27. The van der Waals surface area contributed by atoms with Gasteiger partial charge < -0.3 is 15.0 Å². The van der Waals surface area contributed by atoms with Crippen LogP contribution < -0.4 is 5.32 Å². The van der Waals surface area contributed by atoms with Crippen LogP contribution in [-0.4, -0.2) is 71.8 Å². The van der Waals surface area contributed by atoms with Gasteiger partial charge in [0.15, 0.2) is 0 Å². The molecule has 2 aromatic heterocycles. The molecule has 1 unspecified atom stereocenters. The fourth-order valence-corrected chi connectivity index (χ4v) is 4.58. The molecule has 2 saturated heterocycles. The van der Waals surface area contributed by atoms with E-state index in [9.17, 15) is 4.79 Å². The number of H-pyrrole nitrogens is 1. The molecule has 0 bridgehead atoms. The van der Waals surface area contributed by atoms with Crippen molar-refractivity contribution in [2.24, 2.45) is 0 Å². The Kier molecular flexibility index (Phi) is 5.97. The lowest BCUT2D eigenvalue weighted by atomic mass is 10.1. The number of morpholine rings is 1. The van der Waals surface area contributed by atoms with Crippen molar-refractivity contribution in [2.45, 2.75) is 18.9 Å². The highest BCUT2D eigenvalue weighted by Gasteiger charge is 2.29. The van der Waals surface area contributed by atoms with Crippen LogP contribution in [0.5, 0.6) is 0 Å². The summed E-state index contributed by atoms with van der Waals surface area (Å²) in [5.74, 6) is 1.36. The van der Waals surface area contributed by atoms with Crippen LogP contribution in [0.3, 0.4) is 0 Å². The van der Waals surface area contributed by atoms with Gasteiger partial charge in [-0.1, -0.05) is 11.6 Å². The third-order valence-corrected chi connectivity index (χ3v) is 6.34. The van der Waals surface area contributed by atoms with Crippen LogP contribution in [-0.2, 0) is 16.1 Å². The third-order valence-electron chi connectivity index (χ3n) is 5.11. The molecule has 2 N–H and O–H groups in total. The largest absolute Gasteiger partial charge is 0.379 e. The fourth-order valence-electron chi connectivity index (χ4n) is 3.55. The minimum Gasteiger partial charge on any atom is -0.379 e. The lowest BCUT2D eigenvalue weighted by Gasteiger charge is -2.28. The number of hydrogen-bond acceptors (Lipinski definition) is 6. The predicted molar refractivity (Wildman–Crippen MR) is 106 cm³/mol. The number of halogens is 1. The molecule has 0 spiro atoms. The van der Waals surface area contributed by atoms with Crippen LogP contribution >= 0.6 is 22.9 Å². The number of amides is 1. The molecule has 7 nitrogen and oxygen atoms in total. The maximum Gasteiger partial charge on any atom is 0.236 e. The molecule has 0 aliphatic carbocycles. The molecule has 4 heterocycles. The molecular formula is C18H24ClN5O2S. The van der Waals surface area contributed by atoms with Crippen LogP contribution in [0.25, 0.3) is 0 Å². The lowest BCUT2D eigenvalue weighted by molar-refractivity contribution is -0.132. The van der Waals surface area contributed by atoms with Gasteiger partial charge in [0.1, 0.15) is 5.82 Å². The van der Waals surface area contributed by atoms with Gasteiger partial charge in [0.25, 0.3) is 0 Å². The smallest absolute Gasteiger partial charge is 0.236 e. The predicted octanol–water partition coefficient (Wildman–Crippen LogP) is 2.38. The Morgan fingerprint density at radius 1 is 1.37 bits per heavy atom. The molecule has 9 heteroatoms. The Morgan fingerprint density at radius 2 is 2.22 bits per heavy atom. The molecule has 27 heavy (non-hydrogen) atoms. The topological polar surface area (TPSA) is 73.5 Å². The van der Waals surface area contributed by atoms with Crippen molar-refractivity contribution in [2.75, 3.05) is 51.3 Å². The highest BCUT2D eigenvalue weighted by Crippen LogP contribution is 2.28. The number of ether oxygens (including phenoxy) is 1. The van der Waals surface area contributed by atoms with E-state index in [2.05, 4.69) is 26.5 Å². The average molecular weight is 410 g/mol. The van der Waals surface area contributed by atoms with E-state index in [4.69, 9.17) is 16.3 Å². The summed E-state index contributed by atoms with van der Waals surface area (Å²) >= 11 is 7.53. The number of thiophene rings is 1. The summed E-state index contributed by atoms with van der Waals surface area (Å²) in [6.07, 6.45) is 0.969. The highest BCUT2D eigenvalue weighted by atomic mass is 35.5. The molecule has 0 aromatic carbocycles. The second-order valence-corrected chi connectivity index (χ2v) is 8.78. The zero-order valence-electron chi connectivity index (χ0n) is 15.1. The van der Waals surface area contributed by atoms with Crippen LogP contribution in [0.2, 0.25) is 4.34 Å². The molecule has 2 aromatic rings. The summed E-state index contributed by atoms with van der Waals surface area (Å²) in [7, 11) is 0. The number of hydrogen-bond donors (Lipinski definition) is 2. The van der Waals surface area contributed by atoms with Gasteiger partial charge in [-0.25, -0.2) is 0 Å². The van der Waals surface area contributed by atoms with Crippen LogP contribution in [0.1, 0.15) is 22.9 Å². The first-order chi connectivity index (χ1) is 13.2. The number of nitrogens with one attached hydrogen (secondary N) is 2. The molecule has 0 radical (unpaired) electrons. The summed E-state index contributed by atoms with van der Waals surface area (Å²) in [5.41, 5.74) is 1.09. The summed E-state index contributed by atoms with van der Waals surface area (Å²) in [6.45, 7) is 5.89. The zero-order chi connectivity index (χ0) is 18.6. The van der Waals surface area contributed by atoms with Crippen molar-refractivity contribution in [3.63, 3.8) is 0 Å². The van der Waals surface area contributed by atoms with E-state index in [-0.39, 0.29) is 5.91 Å². The Morgan fingerprint density at radius 3 is 3.00 bits per heavy atom.